The number of nitrogens with zero attached hydrogens (tertiary/aromatic N) is 3. The first kappa shape index (κ1) is 12.9. The molecule has 2 heterocycles. The molecule has 1 unspecified atom stereocenters. The minimum Gasteiger partial charge on any atom is -0.328 e. The first-order valence-corrected chi connectivity index (χ1v) is 7.34. The molecule has 0 aliphatic heterocycles. The summed E-state index contributed by atoms with van der Waals surface area (Å²) in [5, 5.41) is 13.2. The van der Waals surface area contributed by atoms with E-state index >= 15 is 0 Å². The van der Waals surface area contributed by atoms with Gasteiger partial charge in [0.1, 0.15) is 5.82 Å². The molecule has 1 atom stereocenters. The van der Waals surface area contributed by atoms with Crippen LogP contribution in [-0.2, 0) is 6.42 Å². The number of nitrogens with two attached hydrogens (primary N) is 1. The Labute approximate surface area is 121 Å². The van der Waals surface area contributed by atoms with Crippen LogP contribution in [0, 0.1) is 11.3 Å². The van der Waals surface area contributed by atoms with Gasteiger partial charge in [-0.25, -0.2) is 4.98 Å². The van der Waals surface area contributed by atoms with E-state index in [2.05, 4.69) is 27.1 Å². The van der Waals surface area contributed by atoms with Gasteiger partial charge in [-0.15, -0.1) is 0 Å². The Hall–Kier alpha value is -2.16. The predicted molar refractivity (Wildman–Crippen MR) is 80.6 cm³/mol. The fraction of sp³-hybridized carbons (Fsp3) is 0.200. The largest absolute Gasteiger partial charge is 0.328 e. The number of imidazole rings is 1. The third-order valence-electron chi connectivity index (χ3n) is 3.37. The quantitative estimate of drug-likeness (QED) is 0.800. The van der Waals surface area contributed by atoms with Crippen LogP contribution < -0.4 is 5.73 Å². The molecule has 100 valence electrons. The fourth-order valence-corrected chi connectivity index (χ4v) is 3.20. The molecule has 2 aromatic heterocycles. The number of para-hydroxylation sites is 2. The van der Waals surface area contributed by atoms with Crippen LogP contribution in [0.1, 0.15) is 17.4 Å². The zero-order valence-corrected chi connectivity index (χ0v) is 11.7. The molecule has 3 aromatic rings. The zero-order chi connectivity index (χ0) is 13.9. The fourth-order valence-electron chi connectivity index (χ4n) is 2.49. The molecule has 1 aromatic carbocycles. The highest BCUT2D eigenvalue weighted by Crippen LogP contribution is 2.27. The third kappa shape index (κ3) is 2.09. The molecule has 4 nitrogen and oxygen atoms in total. The smallest absolute Gasteiger partial charge is 0.124 e. The minimum atomic E-state index is 0.0250. The van der Waals surface area contributed by atoms with E-state index in [0.29, 0.717) is 6.54 Å². The summed E-state index contributed by atoms with van der Waals surface area (Å²) >= 11 is 1.65. The maximum absolute atomic E-state index is 9.02. The van der Waals surface area contributed by atoms with Crippen molar-refractivity contribution in [3.63, 3.8) is 0 Å². The second kappa shape index (κ2) is 5.45. The summed E-state index contributed by atoms with van der Waals surface area (Å²) in [4.78, 5) is 4.57. The number of thiophene rings is 1. The van der Waals surface area contributed by atoms with Gasteiger partial charge >= 0.3 is 0 Å². The summed E-state index contributed by atoms with van der Waals surface area (Å²) in [6.45, 7) is 0.482. The average Bonchev–Trinajstić information content (AvgIpc) is 3.09. The molecule has 0 saturated carbocycles. The van der Waals surface area contributed by atoms with Crippen LogP contribution in [0.2, 0.25) is 0 Å². The molecule has 0 radical (unpaired) electrons. The Morgan fingerprint density at radius 2 is 2.20 bits per heavy atom. The van der Waals surface area contributed by atoms with E-state index in [4.69, 9.17) is 11.0 Å². The topological polar surface area (TPSA) is 67.6 Å². The van der Waals surface area contributed by atoms with Crippen molar-refractivity contribution in [3.05, 3.63) is 52.5 Å². The highest BCUT2D eigenvalue weighted by atomic mass is 32.1. The number of hydrogen-bond donors (Lipinski definition) is 1. The Morgan fingerprint density at radius 3 is 2.90 bits per heavy atom. The van der Waals surface area contributed by atoms with Gasteiger partial charge in [0.2, 0.25) is 0 Å². The maximum atomic E-state index is 9.02. The van der Waals surface area contributed by atoms with E-state index in [1.807, 2.05) is 29.6 Å². The van der Waals surface area contributed by atoms with Gasteiger partial charge in [0.15, 0.2) is 0 Å². The first-order valence-electron chi connectivity index (χ1n) is 6.40. The monoisotopic (exact) mass is 282 g/mol. The van der Waals surface area contributed by atoms with Crippen molar-refractivity contribution < 1.29 is 0 Å². The van der Waals surface area contributed by atoms with Gasteiger partial charge in [-0.2, -0.15) is 16.6 Å². The SMILES string of the molecule is N#CCc1nc2ccccc2n1C(CN)c1ccsc1. The van der Waals surface area contributed by atoms with Gasteiger partial charge in [0, 0.05) is 6.54 Å². The van der Waals surface area contributed by atoms with Crippen molar-refractivity contribution >= 4 is 22.4 Å². The molecule has 0 saturated heterocycles. The number of nitriles is 1. The Kier molecular flexibility index (Phi) is 3.50. The van der Waals surface area contributed by atoms with Gasteiger partial charge in [-0.1, -0.05) is 12.1 Å². The number of aromatic nitrogens is 2. The highest BCUT2D eigenvalue weighted by Gasteiger charge is 2.19. The molecule has 0 bridgehead atoms. The van der Waals surface area contributed by atoms with E-state index in [9.17, 15) is 0 Å². The highest BCUT2D eigenvalue weighted by molar-refractivity contribution is 7.07. The summed E-state index contributed by atoms with van der Waals surface area (Å²) in [6, 6.07) is 12.2. The Balaban J connectivity index is 2.22. The maximum Gasteiger partial charge on any atom is 0.124 e. The summed E-state index contributed by atoms with van der Waals surface area (Å²) in [5.41, 5.74) is 9.09. The van der Waals surface area contributed by atoms with E-state index in [-0.39, 0.29) is 12.5 Å². The Morgan fingerprint density at radius 1 is 1.35 bits per heavy atom. The molecule has 0 aliphatic carbocycles. The van der Waals surface area contributed by atoms with Crippen LogP contribution in [0.4, 0.5) is 0 Å². The van der Waals surface area contributed by atoms with Crippen LogP contribution in [0.5, 0.6) is 0 Å². The van der Waals surface area contributed by atoms with Gasteiger partial charge in [0.05, 0.1) is 29.6 Å². The molecule has 0 aliphatic rings. The number of fused-ring (bicyclic) bond motifs is 1. The molecular weight excluding hydrogens is 268 g/mol. The van der Waals surface area contributed by atoms with E-state index < -0.39 is 0 Å². The molecule has 0 amide bonds. The lowest BCUT2D eigenvalue weighted by molar-refractivity contribution is 0.590. The number of rotatable bonds is 4. The first-order chi connectivity index (χ1) is 9.85. The molecular formula is C15H14N4S. The van der Waals surface area contributed by atoms with Gasteiger partial charge in [-0.05, 0) is 34.5 Å². The van der Waals surface area contributed by atoms with Gasteiger partial charge in [-0.3, -0.25) is 0 Å². The molecule has 5 heteroatoms. The normalized spacial score (nSPS) is 12.4. The second-order valence-corrected chi connectivity index (χ2v) is 5.31. The van der Waals surface area contributed by atoms with Crippen molar-refractivity contribution in [2.75, 3.05) is 6.54 Å². The lowest BCUT2D eigenvalue weighted by Gasteiger charge is -2.18. The third-order valence-corrected chi connectivity index (χ3v) is 4.07. The standard InChI is InChI=1S/C15H14N4S/c16-7-5-15-18-12-3-1-2-4-13(12)19(15)14(9-17)11-6-8-20-10-11/h1-4,6,8,10,14H,5,9,17H2. The summed E-state index contributed by atoms with van der Waals surface area (Å²) in [5.74, 6) is 0.773. The molecule has 3 rings (SSSR count). The predicted octanol–water partition coefficient (Wildman–Crippen LogP) is 2.71. The van der Waals surface area contributed by atoms with Crippen LogP contribution in [0.25, 0.3) is 11.0 Å². The van der Waals surface area contributed by atoms with Crippen molar-refractivity contribution in [1.82, 2.24) is 9.55 Å². The van der Waals surface area contributed by atoms with Gasteiger partial charge < -0.3 is 10.3 Å². The molecule has 2 N–H and O–H groups in total. The molecule has 20 heavy (non-hydrogen) atoms. The van der Waals surface area contributed by atoms with Crippen molar-refractivity contribution in [3.8, 4) is 6.07 Å². The lowest BCUT2D eigenvalue weighted by Crippen LogP contribution is -2.21. The summed E-state index contributed by atoms with van der Waals surface area (Å²) in [6.07, 6.45) is 0.287. The summed E-state index contributed by atoms with van der Waals surface area (Å²) < 4.78 is 2.10. The van der Waals surface area contributed by atoms with Crippen LogP contribution >= 0.6 is 11.3 Å². The van der Waals surface area contributed by atoms with Crippen molar-refractivity contribution in [2.24, 2.45) is 5.73 Å². The van der Waals surface area contributed by atoms with Crippen molar-refractivity contribution in [1.29, 1.82) is 5.26 Å². The average molecular weight is 282 g/mol. The lowest BCUT2D eigenvalue weighted by atomic mass is 10.1. The van der Waals surface area contributed by atoms with E-state index in [1.165, 1.54) is 5.56 Å². The van der Waals surface area contributed by atoms with Crippen LogP contribution in [0.15, 0.2) is 41.1 Å². The number of hydrogen-bond acceptors (Lipinski definition) is 4. The molecule has 0 spiro atoms. The second-order valence-electron chi connectivity index (χ2n) is 4.53. The molecule has 0 fully saturated rings. The van der Waals surface area contributed by atoms with Gasteiger partial charge in [0.25, 0.3) is 0 Å². The Bertz CT molecular complexity index is 752. The zero-order valence-electron chi connectivity index (χ0n) is 10.9. The van der Waals surface area contributed by atoms with E-state index in [1.54, 1.807) is 11.3 Å². The number of benzene rings is 1. The van der Waals surface area contributed by atoms with Crippen LogP contribution in [-0.4, -0.2) is 16.1 Å². The van der Waals surface area contributed by atoms with Crippen molar-refractivity contribution in [2.45, 2.75) is 12.5 Å². The van der Waals surface area contributed by atoms with Crippen LogP contribution in [0.3, 0.4) is 0 Å². The summed E-state index contributed by atoms with van der Waals surface area (Å²) in [7, 11) is 0. The minimum absolute atomic E-state index is 0.0250. The van der Waals surface area contributed by atoms with E-state index in [0.717, 1.165) is 16.9 Å².